The Morgan fingerprint density at radius 2 is 2.00 bits per heavy atom. The molecule has 2 fully saturated rings. The molecule has 1 aromatic rings. The first-order valence-corrected chi connectivity index (χ1v) is 10.6. The van der Waals surface area contributed by atoms with Crippen molar-refractivity contribution in [2.24, 2.45) is 0 Å². The van der Waals surface area contributed by atoms with Crippen LogP contribution in [-0.2, 0) is 0 Å². The van der Waals surface area contributed by atoms with Gasteiger partial charge in [-0.3, -0.25) is 14.9 Å². The minimum atomic E-state index is -0.539. The van der Waals surface area contributed by atoms with Crippen molar-refractivity contribution in [3.63, 3.8) is 0 Å². The Morgan fingerprint density at radius 3 is 2.73 bits per heavy atom. The topological polar surface area (TPSA) is 66.7 Å². The van der Waals surface area contributed by atoms with Gasteiger partial charge in [0.1, 0.15) is 5.02 Å². The van der Waals surface area contributed by atoms with Gasteiger partial charge in [0.2, 0.25) is 0 Å². The quantitative estimate of drug-likeness (QED) is 0.572. The lowest BCUT2D eigenvalue weighted by Gasteiger charge is -2.35. The van der Waals surface area contributed by atoms with Gasteiger partial charge in [0, 0.05) is 30.5 Å². The molecule has 1 unspecified atom stereocenters. The fraction of sp³-hybridized carbons (Fsp3) is 0.611. The van der Waals surface area contributed by atoms with Crippen LogP contribution < -0.4 is 0 Å². The van der Waals surface area contributed by atoms with Gasteiger partial charge < -0.3 is 9.80 Å². The number of carbonyl (C=O) groups excluding carboxylic acids is 1. The molecule has 0 bridgehead atoms. The lowest BCUT2D eigenvalue weighted by Crippen LogP contribution is -2.49. The summed E-state index contributed by atoms with van der Waals surface area (Å²) < 4.78 is 0. The second-order valence-electron chi connectivity index (χ2n) is 6.87. The van der Waals surface area contributed by atoms with Crippen LogP contribution in [0.15, 0.2) is 18.2 Å². The highest BCUT2D eigenvalue weighted by Crippen LogP contribution is 2.27. The van der Waals surface area contributed by atoms with E-state index in [0.29, 0.717) is 12.1 Å². The zero-order valence-corrected chi connectivity index (χ0v) is 16.3. The summed E-state index contributed by atoms with van der Waals surface area (Å²) in [5, 5.41) is 11.2. The van der Waals surface area contributed by atoms with E-state index in [1.165, 1.54) is 31.4 Å². The average Bonchev–Trinajstić information content (AvgIpc) is 2.87. The molecule has 6 nitrogen and oxygen atoms in total. The van der Waals surface area contributed by atoms with E-state index >= 15 is 0 Å². The zero-order chi connectivity index (χ0) is 18.5. The van der Waals surface area contributed by atoms with Gasteiger partial charge in [-0.15, -0.1) is 0 Å². The number of nitro benzene ring substituents is 1. The van der Waals surface area contributed by atoms with E-state index in [2.05, 4.69) is 4.90 Å². The SMILES string of the molecule is O=C(c1ccc(Cl)c([N+](=O)[O-])c1)N1CCCSCC1CN1CCCCC1. The molecular weight excluding hydrogens is 374 g/mol. The molecule has 2 aliphatic rings. The second kappa shape index (κ2) is 9.06. The van der Waals surface area contributed by atoms with E-state index in [1.54, 1.807) is 6.07 Å². The number of nitro groups is 1. The molecular formula is C18H24ClN3O3S. The van der Waals surface area contributed by atoms with Crippen LogP contribution in [0, 0.1) is 10.1 Å². The number of piperidine rings is 1. The van der Waals surface area contributed by atoms with Crippen molar-refractivity contribution in [2.75, 3.05) is 37.7 Å². The molecule has 1 amide bonds. The predicted octanol–water partition coefficient (Wildman–Crippen LogP) is 3.68. The highest BCUT2D eigenvalue weighted by atomic mass is 35.5. The number of thioether (sulfide) groups is 1. The Balaban J connectivity index is 1.79. The van der Waals surface area contributed by atoms with E-state index in [9.17, 15) is 14.9 Å². The number of amides is 1. The molecule has 0 aliphatic carbocycles. The number of rotatable bonds is 4. The molecule has 142 valence electrons. The zero-order valence-electron chi connectivity index (χ0n) is 14.7. The monoisotopic (exact) mass is 397 g/mol. The summed E-state index contributed by atoms with van der Waals surface area (Å²) in [5.41, 5.74) is 0.130. The first kappa shape index (κ1) is 19.5. The summed E-state index contributed by atoms with van der Waals surface area (Å²) in [6, 6.07) is 4.48. The minimum Gasteiger partial charge on any atom is -0.334 e. The summed E-state index contributed by atoms with van der Waals surface area (Å²) >= 11 is 7.78. The number of nitrogens with zero attached hydrogens (tertiary/aromatic N) is 3. The molecule has 26 heavy (non-hydrogen) atoms. The Labute approximate surface area is 163 Å². The van der Waals surface area contributed by atoms with E-state index in [1.807, 2.05) is 16.7 Å². The fourth-order valence-electron chi connectivity index (χ4n) is 3.64. The number of likely N-dealkylation sites (tertiary alicyclic amines) is 1. The molecule has 2 saturated heterocycles. The number of hydrogen-bond acceptors (Lipinski definition) is 5. The Kier molecular flexibility index (Phi) is 6.78. The standard InChI is InChI=1S/C18H24ClN3O3S/c19-16-6-5-14(11-17(16)22(24)25)18(23)21-9-4-10-26-13-15(21)12-20-7-2-1-3-8-20/h5-6,11,15H,1-4,7-10,12-13H2. The molecule has 2 aliphatic heterocycles. The van der Waals surface area contributed by atoms with E-state index < -0.39 is 4.92 Å². The van der Waals surface area contributed by atoms with Gasteiger partial charge in [0.15, 0.2) is 0 Å². The molecule has 3 rings (SSSR count). The second-order valence-corrected chi connectivity index (χ2v) is 8.42. The lowest BCUT2D eigenvalue weighted by atomic mass is 10.1. The highest BCUT2D eigenvalue weighted by molar-refractivity contribution is 7.99. The predicted molar refractivity (Wildman–Crippen MR) is 105 cm³/mol. The highest BCUT2D eigenvalue weighted by Gasteiger charge is 2.29. The van der Waals surface area contributed by atoms with Crippen molar-refractivity contribution in [1.82, 2.24) is 9.80 Å². The van der Waals surface area contributed by atoms with Crippen molar-refractivity contribution >= 4 is 35.0 Å². The largest absolute Gasteiger partial charge is 0.334 e. The van der Waals surface area contributed by atoms with Crippen molar-refractivity contribution in [3.8, 4) is 0 Å². The Bertz CT molecular complexity index is 667. The molecule has 2 heterocycles. The molecule has 1 atom stereocenters. The molecule has 8 heteroatoms. The van der Waals surface area contributed by atoms with Gasteiger partial charge in [-0.05, 0) is 50.2 Å². The van der Waals surface area contributed by atoms with Crippen molar-refractivity contribution in [1.29, 1.82) is 0 Å². The smallest absolute Gasteiger partial charge is 0.288 e. The fourth-order valence-corrected chi connectivity index (χ4v) is 4.88. The van der Waals surface area contributed by atoms with Crippen LogP contribution in [0.4, 0.5) is 5.69 Å². The number of benzene rings is 1. The Hall–Kier alpha value is -1.31. The van der Waals surface area contributed by atoms with Crippen LogP contribution in [0.5, 0.6) is 0 Å². The Morgan fingerprint density at radius 1 is 1.23 bits per heavy atom. The first-order chi connectivity index (χ1) is 12.6. The van der Waals surface area contributed by atoms with Gasteiger partial charge >= 0.3 is 0 Å². The van der Waals surface area contributed by atoms with Gasteiger partial charge in [-0.1, -0.05) is 18.0 Å². The molecule has 0 saturated carbocycles. The molecule has 0 spiro atoms. The van der Waals surface area contributed by atoms with Gasteiger partial charge in [0.25, 0.3) is 11.6 Å². The first-order valence-electron chi connectivity index (χ1n) is 9.11. The number of carbonyl (C=O) groups is 1. The summed E-state index contributed by atoms with van der Waals surface area (Å²) in [6.45, 7) is 3.76. The summed E-state index contributed by atoms with van der Waals surface area (Å²) in [4.78, 5) is 28.1. The van der Waals surface area contributed by atoms with Gasteiger partial charge in [-0.25, -0.2) is 0 Å². The van der Waals surface area contributed by atoms with E-state index in [4.69, 9.17) is 11.6 Å². The summed E-state index contributed by atoms with van der Waals surface area (Å²) in [7, 11) is 0. The maximum atomic E-state index is 13.1. The minimum absolute atomic E-state index is 0.0582. The number of halogens is 1. The van der Waals surface area contributed by atoms with Crippen LogP contribution in [0.3, 0.4) is 0 Å². The third kappa shape index (κ3) is 4.69. The lowest BCUT2D eigenvalue weighted by molar-refractivity contribution is -0.384. The third-order valence-electron chi connectivity index (χ3n) is 5.01. The molecule has 1 aromatic carbocycles. The van der Waals surface area contributed by atoms with Crippen LogP contribution >= 0.6 is 23.4 Å². The van der Waals surface area contributed by atoms with Gasteiger partial charge in [0.05, 0.1) is 11.0 Å². The van der Waals surface area contributed by atoms with E-state index in [0.717, 1.165) is 37.6 Å². The van der Waals surface area contributed by atoms with Crippen molar-refractivity contribution < 1.29 is 9.72 Å². The molecule has 0 radical (unpaired) electrons. The van der Waals surface area contributed by atoms with E-state index in [-0.39, 0.29) is 22.7 Å². The molecule has 0 aromatic heterocycles. The number of hydrogen-bond donors (Lipinski definition) is 0. The van der Waals surface area contributed by atoms with Gasteiger partial charge in [-0.2, -0.15) is 11.8 Å². The normalized spacial score (nSPS) is 22.0. The summed E-state index contributed by atoms with van der Waals surface area (Å²) in [5.74, 6) is 1.83. The van der Waals surface area contributed by atoms with Crippen LogP contribution in [0.25, 0.3) is 0 Å². The molecule has 0 N–H and O–H groups in total. The third-order valence-corrected chi connectivity index (χ3v) is 6.52. The van der Waals surface area contributed by atoms with Crippen molar-refractivity contribution in [2.45, 2.75) is 31.7 Å². The maximum Gasteiger partial charge on any atom is 0.288 e. The van der Waals surface area contributed by atoms with Crippen LogP contribution in [0.2, 0.25) is 5.02 Å². The van der Waals surface area contributed by atoms with Crippen molar-refractivity contribution in [3.05, 3.63) is 38.9 Å². The maximum absolute atomic E-state index is 13.1. The average molecular weight is 398 g/mol. The van der Waals surface area contributed by atoms with Crippen LogP contribution in [0.1, 0.15) is 36.0 Å². The summed E-state index contributed by atoms with van der Waals surface area (Å²) in [6.07, 6.45) is 4.67. The van der Waals surface area contributed by atoms with Crippen LogP contribution in [-0.4, -0.2) is 64.4 Å².